The largest absolute Gasteiger partial charge is 0.377 e. The molecule has 0 aliphatic carbocycles. The van der Waals surface area contributed by atoms with Crippen molar-refractivity contribution >= 4 is 5.91 Å². The van der Waals surface area contributed by atoms with Gasteiger partial charge in [-0.25, -0.2) is 0 Å². The number of rotatable bonds is 3. The Kier molecular flexibility index (Phi) is 4.36. The van der Waals surface area contributed by atoms with Gasteiger partial charge in [0.15, 0.2) is 0 Å². The molecule has 0 bridgehead atoms. The molecule has 17 heavy (non-hydrogen) atoms. The first-order valence-corrected chi connectivity index (χ1v) is 6.48. The second-order valence-electron chi connectivity index (χ2n) is 5.04. The molecule has 2 unspecified atom stereocenters. The average Bonchev–Trinajstić information content (AvgIpc) is 2.73. The summed E-state index contributed by atoms with van der Waals surface area (Å²) in [6.07, 6.45) is 1.24. The fraction of sp³-hybridized carbons (Fsp3) is 0.917. The van der Waals surface area contributed by atoms with Crippen LogP contribution in [-0.2, 0) is 9.53 Å². The van der Waals surface area contributed by atoms with Crippen LogP contribution in [-0.4, -0.2) is 74.2 Å². The number of nitrogens with zero attached hydrogens (tertiary/aromatic N) is 2. The van der Waals surface area contributed by atoms with Crippen molar-refractivity contribution in [3.8, 4) is 0 Å². The Morgan fingerprint density at radius 1 is 1.35 bits per heavy atom. The quantitative estimate of drug-likeness (QED) is 0.725. The first-order valence-electron chi connectivity index (χ1n) is 6.48. The molecule has 2 aliphatic heterocycles. The fourth-order valence-electron chi connectivity index (χ4n) is 2.39. The summed E-state index contributed by atoms with van der Waals surface area (Å²) in [4.78, 5) is 16.2. The normalized spacial score (nSPS) is 30.8. The number of amides is 1. The molecule has 2 aliphatic rings. The molecule has 1 N–H and O–H groups in total. The lowest BCUT2D eigenvalue weighted by molar-refractivity contribution is -0.131. The minimum Gasteiger partial charge on any atom is -0.377 e. The van der Waals surface area contributed by atoms with Crippen LogP contribution < -0.4 is 5.32 Å². The van der Waals surface area contributed by atoms with E-state index in [2.05, 4.69) is 24.2 Å². The topological polar surface area (TPSA) is 44.8 Å². The minimum atomic E-state index is 0.220. The van der Waals surface area contributed by atoms with E-state index in [0.29, 0.717) is 12.6 Å². The maximum atomic E-state index is 12.0. The van der Waals surface area contributed by atoms with E-state index in [4.69, 9.17) is 4.74 Å². The molecule has 0 radical (unpaired) electrons. The van der Waals surface area contributed by atoms with Crippen molar-refractivity contribution in [2.75, 3.05) is 46.4 Å². The van der Waals surface area contributed by atoms with Crippen LogP contribution in [0.15, 0.2) is 0 Å². The van der Waals surface area contributed by atoms with Crippen molar-refractivity contribution in [1.82, 2.24) is 15.1 Å². The molecule has 5 heteroatoms. The van der Waals surface area contributed by atoms with Gasteiger partial charge in [-0.3, -0.25) is 4.79 Å². The fourth-order valence-corrected chi connectivity index (χ4v) is 2.39. The van der Waals surface area contributed by atoms with Crippen molar-refractivity contribution in [2.24, 2.45) is 0 Å². The van der Waals surface area contributed by atoms with Crippen molar-refractivity contribution in [2.45, 2.75) is 25.5 Å². The van der Waals surface area contributed by atoms with Gasteiger partial charge < -0.3 is 19.9 Å². The molecule has 0 saturated carbocycles. The highest BCUT2D eigenvalue weighted by molar-refractivity contribution is 5.78. The van der Waals surface area contributed by atoms with Gasteiger partial charge in [-0.05, 0) is 20.4 Å². The van der Waals surface area contributed by atoms with E-state index in [9.17, 15) is 4.79 Å². The van der Waals surface area contributed by atoms with Crippen molar-refractivity contribution in [3.63, 3.8) is 0 Å². The Hall–Kier alpha value is -0.650. The van der Waals surface area contributed by atoms with Crippen LogP contribution in [0.5, 0.6) is 0 Å². The predicted octanol–water partition coefficient (Wildman–Crippen LogP) is -0.473. The highest BCUT2D eigenvalue weighted by Crippen LogP contribution is 2.12. The Bertz CT molecular complexity index is 264. The van der Waals surface area contributed by atoms with Gasteiger partial charge in [0.05, 0.1) is 12.6 Å². The summed E-state index contributed by atoms with van der Waals surface area (Å²) < 4.78 is 5.46. The first kappa shape index (κ1) is 12.8. The van der Waals surface area contributed by atoms with Crippen molar-refractivity contribution < 1.29 is 9.53 Å². The molecule has 0 aromatic heterocycles. The molecule has 0 aromatic rings. The molecular weight excluding hydrogens is 218 g/mol. The van der Waals surface area contributed by atoms with Gasteiger partial charge in [0, 0.05) is 38.8 Å². The van der Waals surface area contributed by atoms with E-state index < -0.39 is 0 Å². The van der Waals surface area contributed by atoms with Crippen LogP contribution in [0, 0.1) is 0 Å². The van der Waals surface area contributed by atoms with Crippen LogP contribution in [0.4, 0.5) is 0 Å². The summed E-state index contributed by atoms with van der Waals surface area (Å²) >= 11 is 0. The van der Waals surface area contributed by atoms with E-state index in [-0.39, 0.29) is 12.0 Å². The number of hydrogen-bond donors (Lipinski definition) is 1. The number of piperazine rings is 1. The van der Waals surface area contributed by atoms with Crippen LogP contribution in [0.3, 0.4) is 0 Å². The second kappa shape index (κ2) is 5.80. The molecule has 1 amide bonds. The Balaban J connectivity index is 1.70. The van der Waals surface area contributed by atoms with E-state index in [1.54, 1.807) is 0 Å². The van der Waals surface area contributed by atoms with E-state index in [1.165, 1.54) is 0 Å². The number of carbonyl (C=O) groups excluding carboxylic acids is 1. The third-order valence-corrected chi connectivity index (χ3v) is 3.75. The lowest BCUT2D eigenvalue weighted by atomic mass is 10.1. The van der Waals surface area contributed by atoms with Crippen LogP contribution in [0.1, 0.15) is 13.3 Å². The van der Waals surface area contributed by atoms with Gasteiger partial charge in [-0.1, -0.05) is 0 Å². The highest BCUT2D eigenvalue weighted by atomic mass is 16.5. The highest BCUT2D eigenvalue weighted by Gasteiger charge is 2.25. The lowest BCUT2D eigenvalue weighted by Crippen LogP contribution is -2.51. The molecule has 2 fully saturated rings. The Morgan fingerprint density at radius 3 is 2.65 bits per heavy atom. The summed E-state index contributed by atoms with van der Waals surface area (Å²) in [5.41, 5.74) is 0. The maximum Gasteiger partial charge on any atom is 0.236 e. The van der Waals surface area contributed by atoms with Crippen LogP contribution in [0.2, 0.25) is 0 Å². The predicted molar refractivity (Wildman–Crippen MR) is 65.9 cm³/mol. The zero-order chi connectivity index (χ0) is 12.3. The van der Waals surface area contributed by atoms with Crippen LogP contribution >= 0.6 is 0 Å². The van der Waals surface area contributed by atoms with Gasteiger partial charge >= 0.3 is 0 Å². The number of likely N-dealkylation sites (N-methyl/N-ethyl adjacent to an activating group) is 1. The Labute approximate surface area is 103 Å². The Morgan fingerprint density at radius 2 is 2.06 bits per heavy atom. The smallest absolute Gasteiger partial charge is 0.236 e. The summed E-state index contributed by atoms with van der Waals surface area (Å²) in [6, 6.07) is 0.339. The number of hydrogen-bond acceptors (Lipinski definition) is 4. The molecule has 2 saturated heterocycles. The van der Waals surface area contributed by atoms with Gasteiger partial charge in [0.25, 0.3) is 0 Å². The third-order valence-electron chi connectivity index (χ3n) is 3.75. The van der Waals surface area contributed by atoms with Crippen LogP contribution in [0.25, 0.3) is 0 Å². The molecule has 5 nitrogen and oxygen atoms in total. The monoisotopic (exact) mass is 241 g/mol. The summed E-state index contributed by atoms with van der Waals surface area (Å²) in [6.45, 7) is 6.99. The molecule has 2 heterocycles. The van der Waals surface area contributed by atoms with E-state index >= 15 is 0 Å². The SMILES string of the molecule is CC1OCCC1NCC(=O)N1CCN(C)CC1. The molecule has 0 aromatic carbocycles. The number of nitrogens with one attached hydrogen (secondary N) is 1. The van der Waals surface area contributed by atoms with Gasteiger partial charge in [-0.15, -0.1) is 0 Å². The minimum absolute atomic E-state index is 0.220. The zero-order valence-electron chi connectivity index (χ0n) is 10.8. The van der Waals surface area contributed by atoms with Crippen molar-refractivity contribution in [3.05, 3.63) is 0 Å². The standard InChI is InChI=1S/C12H23N3O2/c1-10-11(3-8-17-10)13-9-12(16)15-6-4-14(2)5-7-15/h10-11,13H,3-9H2,1-2H3. The van der Waals surface area contributed by atoms with E-state index in [0.717, 1.165) is 39.2 Å². The molecule has 2 rings (SSSR count). The first-order chi connectivity index (χ1) is 8.16. The van der Waals surface area contributed by atoms with Gasteiger partial charge in [0.2, 0.25) is 5.91 Å². The molecular formula is C12H23N3O2. The summed E-state index contributed by atoms with van der Waals surface area (Å²) in [7, 11) is 2.09. The van der Waals surface area contributed by atoms with E-state index in [1.807, 2.05) is 4.90 Å². The van der Waals surface area contributed by atoms with Gasteiger partial charge in [0.1, 0.15) is 0 Å². The maximum absolute atomic E-state index is 12.0. The molecule has 2 atom stereocenters. The third kappa shape index (κ3) is 3.40. The summed E-state index contributed by atoms with van der Waals surface area (Å²) in [5.74, 6) is 0.220. The zero-order valence-corrected chi connectivity index (χ0v) is 10.8. The molecule has 0 spiro atoms. The average molecular weight is 241 g/mol. The summed E-state index contributed by atoms with van der Waals surface area (Å²) in [5, 5.41) is 3.31. The number of ether oxygens (including phenoxy) is 1. The molecule has 98 valence electrons. The lowest BCUT2D eigenvalue weighted by Gasteiger charge is -2.32. The second-order valence-corrected chi connectivity index (χ2v) is 5.04. The number of carbonyl (C=O) groups is 1. The van der Waals surface area contributed by atoms with Crippen molar-refractivity contribution in [1.29, 1.82) is 0 Å². The van der Waals surface area contributed by atoms with Gasteiger partial charge in [-0.2, -0.15) is 0 Å².